The van der Waals surface area contributed by atoms with Gasteiger partial charge in [0.2, 0.25) is 5.91 Å². The molecule has 0 saturated carbocycles. The first-order chi connectivity index (χ1) is 8.45. The number of nitrogens with one attached hydrogen (secondary N) is 1. The molecule has 0 spiro atoms. The number of benzene rings is 1. The van der Waals surface area contributed by atoms with Crippen LogP contribution in [0.4, 0.5) is 5.69 Å². The third-order valence-corrected chi connectivity index (χ3v) is 2.82. The lowest BCUT2D eigenvalue weighted by molar-refractivity contribution is -0.118. The molecule has 0 heterocycles. The first kappa shape index (κ1) is 14.8. The maximum atomic E-state index is 11.8. The molecule has 1 aromatic carbocycles. The number of carbonyl (C=O) groups is 1. The fourth-order valence-corrected chi connectivity index (χ4v) is 1.61. The number of ether oxygens (including phenoxy) is 1. The Balaban J connectivity index is 2.74. The molecule has 0 saturated heterocycles. The van der Waals surface area contributed by atoms with Crippen molar-refractivity contribution in [1.29, 1.82) is 0 Å². The molecule has 1 aromatic rings. The van der Waals surface area contributed by atoms with Crippen LogP contribution in [-0.4, -0.2) is 18.6 Å². The van der Waals surface area contributed by atoms with Crippen LogP contribution in [0.5, 0.6) is 5.75 Å². The van der Waals surface area contributed by atoms with Crippen molar-refractivity contribution in [2.75, 3.05) is 11.9 Å². The van der Waals surface area contributed by atoms with E-state index in [1.165, 1.54) is 0 Å². The molecular weight excluding hydrogens is 252 g/mol. The summed E-state index contributed by atoms with van der Waals surface area (Å²) in [6.07, 6.45) is 0. The van der Waals surface area contributed by atoms with Crippen LogP contribution < -0.4 is 15.8 Å². The van der Waals surface area contributed by atoms with E-state index in [0.29, 0.717) is 23.1 Å². The zero-order valence-corrected chi connectivity index (χ0v) is 11.6. The molecule has 0 aliphatic rings. The molecule has 0 fully saturated rings. The van der Waals surface area contributed by atoms with E-state index in [1.54, 1.807) is 18.2 Å². The number of amides is 1. The van der Waals surface area contributed by atoms with Gasteiger partial charge in [-0.3, -0.25) is 4.79 Å². The van der Waals surface area contributed by atoms with Crippen LogP contribution in [-0.2, 0) is 4.79 Å². The average Bonchev–Trinajstić information content (AvgIpc) is 2.31. The molecule has 1 rings (SSSR count). The van der Waals surface area contributed by atoms with Gasteiger partial charge in [-0.15, -0.1) is 0 Å². The highest BCUT2D eigenvalue weighted by Crippen LogP contribution is 2.27. The van der Waals surface area contributed by atoms with Crippen LogP contribution in [0.2, 0.25) is 5.02 Å². The number of rotatable bonds is 5. The first-order valence-corrected chi connectivity index (χ1v) is 6.32. The van der Waals surface area contributed by atoms with Gasteiger partial charge < -0.3 is 15.8 Å². The summed E-state index contributed by atoms with van der Waals surface area (Å²) in [5.74, 6) is 0.471. The molecular formula is C13H19ClN2O2. The largest absolute Gasteiger partial charge is 0.492 e. The Labute approximate surface area is 112 Å². The number of anilines is 1. The van der Waals surface area contributed by atoms with Gasteiger partial charge in [0, 0.05) is 5.69 Å². The van der Waals surface area contributed by atoms with Gasteiger partial charge in [-0.25, -0.2) is 0 Å². The zero-order valence-electron chi connectivity index (χ0n) is 10.9. The zero-order chi connectivity index (χ0) is 13.7. The summed E-state index contributed by atoms with van der Waals surface area (Å²) in [7, 11) is 0. The minimum absolute atomic E-state index is 0.0863. The lowest BCUT2D eigenvalue weighted by atomic mass is 10.0. The van der Waals surface area contributed by atoms with Crippen molar-refractivity contribution in [2.24, 2.45) is 11.7 Å². The van der Waals surface area contributed by atoms with Crippen molar-refractivity contribution in [3.05, 3.63) is 23.2 Å². The van der Waals surface area contributed by atoms with Crippen LogP contribution in [0.1, 0.15) is 20.8 Å². The molecule has 4 nitrogen and oxygen atoms in total. The Hall–Kier alpha value is -1.26. The summed E-state index contributed by atoms with van der Waals surface area (Å²) < 4.78 is 5.31. The molecule has 0 radical (unpaired) electrons. The Kier molecular flexibility index (Phi) is 5.44. The van der Waals surface area contributed by atoms with Gasteiger partial charge in [-0.05, 0) is 31.0 Å². The third kappa shape index (κ3) is 3.89. The molecule has 5 heteroatoms. The van der Waals surface area contributed by atoms with Crippen molar-refractivity contribution < 1.29 is 9.53 Å². The quantitative estimate of drug-likeness (QED) is 0.865. The van der Waals surface area contributed by atoms with E-state index >= 15 is 0 Å². The fourth-order valence-electron chi connectivity index (χ4n) is 1.38. The van der Waals surface area contributed by atoms with Crippen LogP contribution >= 0.6 is 11.6 Å². The van der Waals surface area contributed by atoms with Crippen molar-refractivity contribution in [3.8, 4) is 5.75 Å². The Morgan fingerprint density at radius 1 is 1.50 bits per heavy atom. The van der Waals surface area contributed by atoms with Crippen molar-refractivity contribution in [3.63, 3.8) is 0 Å². The average molecular weight is 271 g/mol. The number of hydrogen-bond donors (Lipinski definition) is 2. The van der Waals surface area contributed by atoms with E-state index in [-0.39, 0.29) is 11.8 Å². The van der Waals surface area contributed by atoms with Gasteiger partial charge in [0.25, 0.3) is 0 Å². The van der Waals surface area contributed by atoms with Gasteiger partial charge in [0.15, 0.2) is 0 Å². The Bertz CT molecular complexity index is 421. The summed E-state index contributed by atoms with van der Waals surface area (Å²) in [6.45, 7) is 6.22. The first-order valence-electron chi connectivity index (χ1n) is 5.94. The van der Waals surface area contributed by atoms with E-state index in [9.17, 15) is 4.79 Å². The highest BCUT2D eigenvalue weighted by Gasteiger charge is 2.17. The maximum Gasteiger partial charge on any atom is 0.241 e. The highest BCUT2D eigenvalue weighted by atomic mass is 35.5. The molecule has 0 unspecified atom stereocenters. The summed E-state index contributed by atoms with van der Waals surface area (Å²) in [4.78, 5) is 11.8. The second-order valence-electron chi connectivity index (χ2n) is 4.34. The van der Waals surface area contributed by atoms with Gasteiger partial charge in [-0.2, -0.15) is 0 Å². The van der Waals surface area contributed by atoms with E-state index in [1.807, 2.05) is 20.8 Å². The SMILES string of the molecule is CCOc1ccc(NC(=O)[C@@H](N)C(C)C)cc1Cl. The van der Waals surface area contributed by atoms with Gasteiger partial charge in [-0.1, -0.05) is 25.4 Å². The second-order valence-corrected chi connectivity index (χ2v) is 4.74. The minimum Gasteiger partial charge on any atom is -0.492 e. The van der Waals surface area contributed by atoms with E-state index < -0.39 is 6.04 Å². The molecule has 1 atom stereocenters. The predicted molar refractivity (Wildman–Crippen MR) is 74.1 cm³/mol. The molecule has 18 heavy (non-hydrogen) atoms. The molecule has 0 bridgehead atoms. The van der Waals surface area contributed by atoms with Crippen LogP contribution in [0.25, 0.3) is 0 Å². The fraction of sp³-hybridized carbons (Fsp3) is 0.462. The van der Waals surface area contributed by atoms with Gasteiger partial charge in [0.1, 0.15) is 5.75 Å². The van der Waals surface area contributed by atoms with Crippen LogP contribution in [0, 0.1) is 5.92 Å². The lowest BCUT2D eigenvalue weighted by Crippen LogP contribution is -2.39. The summed E-state index contributed by atoms with van der Waals surface area (Å²) >= 11 is 6.03. The third-order valence-electron chi connectivity index (χ3n) is 2.52. The normalized spacial score (nSPS) is 12.3. The number of carbonyl (C=O) groups excluding carboxylic acids is 1. The van der Waals surface area contributed by atoms with Crippen molar-refractivity contribution in [2.45, 2.75) is 26.8 Å². The second kappa shape index (κ2) is 6.61. The van der Waals surface area contributed by atoms with Crippen molar-refractivity contribution >= 4 is 23.2 Å². The number of halogens is 1. The smallest absolute Gasteiger partial charge is 0.241 e. The van der Waals surface area contributed by atoms with Gasteiger partial charge >= 0.3 is 0 Å². The maximum absolute atomic E-state index is 11.8. The molecule has 3 N–H and O–H groups in total. The molecule has 100 valence electrons. The summed E-state index contributed by atoms with van der Waals surface area (Å²) in [5.41, 5.74) is 6.37. The molecule has 1 amide bonds. The van der Waals surface area contributed by atoms with Crippen LogP contribution in [0.3, 0.4) is 0 Å². The Morgan fingerprint density at radius 3 is 2.67 bits per heavy atom. The van der Waals surface area contributed by atoms with Crippen molar-refractivity contribution in [1.82, 2.24) is 0 Å². The molecule has 0 aliphatic heterocycles. The highest BCUT2D eigenvalue weighted by molar-refractivity contribution is 6.32. The van der Waals surface area contributed by atoms with E-state index in [4.69, 9.17) is 22.1 Å². The standard InChI is InChI=1S/C13H19ClN2O2/c1-4-18-11-6-5-9(7-10(11)14)16-13(17)12(15)8(2)3/h5-8,12H,4,15H2,1-3H3,(H,16,17)/t12-/m0/s1. The topological polar surface area (TPSA) is 64.3 Å². The molecule has 0 aliphatic carbocycles. The van der Waals surface area contributed by atoms with Gasteiger partial charge in [0.05, 0.1) is 17.7 Å². The Morgan fingerprint density at radius 2 is 2.17 bits per heavy atom. The molecule has 0 aromatic heterocycles. The monoisotopic (exact) mass is 270 g/mol. The number of hydrogen-bond acceptors (Lipinski definition) is 3. The predicted octanol–water partition coefficient (Wildman–Crippen LogP) is 2.66. The van der Waals surface area contributed by atoms with Crippen LogP contribution in [0.15, 0.2) is 18.2 Å². The number of nitrogens with two attached hydrogens (primary N) is 1. The summed E-state index contributed by atoms with van der Waals surface area (Å²) in [6, 6.07) is 4.58. The van der Waals surface area contributed by atoms with E-state index in [0.717, 1.165) is 0 Å². The summed E-state index contributed by atoms with van der Waals surface area (Å²) in [5, 5.41) is 3.19. The lowest BCUT2D eigenvalue weighted by Gasteiger charge is -2.16. The minimum atomic E-state index is -0.532. The van der Waals surface area contributed by atoms with E-state index in [2.05, 4.69) is 5.32 Å².